The van der Waals surface area contributed by atoms with Gasteiger partial charge < -0.3 is 20.1 Å². The van der Waals surface area contributed by atoms with Crippen LogP contribution >= 0.6 is 11.6 Å². The molecular weight excluding hydrogens is 378 g/mol. The zero-order chi connectivity index (χ0) is 19.7. The van der Waals surface area contributed by atoms with Crippen molar-refractivity contribution in [1.29, 1.82) is 0 Å². The number of phenols is 1. The Morgan fingerprint density at radius 3 is 2.79 bits per heavy atom. The molecule has 0 saturated heterocycles. The van der Waals surface area contributed by atoms with Crippen molar-refractivity contribution in [1.82, 2.24) is 9.97 Å². The van der Waals surface area contributed by atoms with Crippen molar-refractivity contribution in [3.8, 4) is 22.6 Å². The van der Waals surface area contributed by atoms with Crippen molar-refractivity contribution in [2.45, 2.75) is 0 Å². The summed E-state index contributed by atoms with van der Waals surface area (Å²) in [5, 5.41) is 13.8. The molecule has 0 bridgehead atoms. The second kappa shape index (κ2) is 7.25. The predicted octanol–water partition coefficient (Wildman–Crippen LogP) is 4.85. The molecule has 7 heteroatoms. The molecule has 0 aliphatic rings. The number of carbonyl (C=O) groups is 1. The maximum absolute atomic E-state index is 12.6. The van der Waals surface area contributed by atoms with E-state index in [0.717, 1.165) is 16.5 Å². The van der Waals surface area contributed by atoms with Crippen molar-refractivity contribution >= 4 is 34.2 Å². The minimum atomic E-state index is -0.303. The minimum absolute atomic E-state index is 0.0645. The number of methoxy groups -OCH3 is 1. The molecule has 28 heavy (non-hydrogen) atoms. The first-order valence-electron chi connectivity index (χ1n) is 8.47. The van der Waals surface area contributed by atoms with Gasteiger partial charge in [-0.2, -0.15) is 0 Å². The maximum atomic E-state index is 12.6. The number of H-pyrrole nitrogens is 1. The van der Waals surface area contributed by atoms with Gasteiger partial charge in [0.05, 0.1) is 23.4 Å². The number of hydrogen-bond acceptors (Lipinski definition) is 4. The summed E-state index contributed by atoms with van der Waals surface area (Å²) in [6, 6.07) is 13.8. The van der Waals surface area contributed by atoms with Crippen LogP contribution in [0.4, 0.5) is 5.69 Å². The molecule has 0 unspecified atom stereocenters. The fraction of sp³-hybridized carbons (Fsp3) is 0.0476. The van der Waals surface area contributed by atoms with Crippen molar-refractivity contribution in [2.24, 2.45) is 0 Å². The first-order valence-corrected chi connectivity index (χ1v) is 8.85. The predicted molar refractivity (Wildman–Crippen MR) is 109 cm³/mol. The van der Waals surface area contributed by atoms with Crippen LogP contribution in [0.15, 0.2) is 60.9 Å². The highest BCUT2D eigenvalue weighted by molar-refractivity contribution is 6.34. The van der Waals surface area contributed by atoms with Crippen molar-refractivity contribution in [3.63, 3.8) is 0 Å². The molecule has 3 N–H and O–H groups in total. The van der Waals surface area contributed by atoms with Crippen LogP contribution in [0.1, 0.15) is 10.4 Å². The fourth-order valence-electron chi connectivity index (χ4n) is 2.96. The van der Waals surface area contributed by atoms with Crippen LogP contribution in [0.5, 0.6) is 11.5 Å². The van der Waals surface area contributed by atoms with E-state index in [0.29, 0.717) is 27.7 Å². The molecule has 6 nitrogen and oxygen atoms in total. The molecule has 0 aliphatic heterocycles. The van der Waals surface area contributed by atoms with Gasteiger partial charge in [0.2, 0.25) is 0 Å². The molecule has 0 spiro atoms. The number of ether oxygens (including phenoxy) is 1. The standard InChI is InChI=1S/C21H16ClN3O3/c1-28-19-9-12(6-7-18(19)26)13-8-15-17(11-24-20(15)23-10-13)25-21(27)14-4-2-3-5-16(14)22/h2-11,26H,1H3,(H,23,24)(H,25,27). The van der Waals surface area contributed by atoms with E-state index >= 15 is 0 Å². The Morgan fingerprint density at radius 1 is 1.18 bits per heavy atom. The van der Waals surface area contributed by atoms with Crippen molar-refractivity contribution < 1.29 is 14.6 Å². The Kier molecular flexibility index (Phi) is 4.63. The van der Waals surface area contributed by atoms with Gasteiger partial charge in [-0.3, -0.25) is 4.79 Å². The molecule has 2 aromatic heterocycles. The number of amides is 1. The number of fused-ring (bicyclic) bond motifs is 1. The van der Waals surface area contributed by atoms with Crippen LogP contribution in [-0.2, 0) is 0 Å². The number of aromatic amines is 1. The zero-order valence-corrected chi connectivity index (χ0v) is 15.6. The lowest BCUT2D eigenvalue weighted by Gasteiger charge is -2.08. The normalized spacial score (nSPS) is 10.8. The van der Waals surface area contributed by atoms with Gasteiger partial charge in [0.1, 0.15) is 5.65 Å². The largest absolute Gasteiger partial charge is 0.504 e. The van der Waals surface area contributed by atoms with Crippen molar-refractivity contribution in [3.05, 3.63) is 71.5 Å². The quantitative estimate of drug-likeness (QED) is 0.462. The Bertz CT molecular complexity index is 1190. The lowest BCUT2D eigenvalue weighted by Crippen LogP contribution is -2.12. The topological polar surface area (TPSA) is 87.2 Å². The number of nitrogens with zero attached hydrogens (tertiary/aromatic N) is 1. The summed E-state index contributed by atoms with van der Waals surface area (Å²) in [5.41, 5.74) is 3.28. The third kappa shape index (κ3) is 3.25. The Labute approximate surface area is 165 Å². The van der Waals surface area contributed by atoms with Crippen LogP contribution < -0.4 is 10.1 Å². The van der Waals surface area contributed by atoms with Gasteiger partial charge in [-0.25, -0.2) is 4.98 Å². The van der Waals surface area contributed by atoms with Crippen LogP contribution in [-0.4, -0.2) is 28.1 Å². The van der Waals surface area contributed by atoms with Crippen LogP contribution in [0.2, 0.25) is 5.02 Å². The van der Waals surface area contributed by atoms with Crippen molar-refractivity contribution in [2.75, 3.05) is 12.4 Å². The van der Waals surface area contributed by atoms with E-state index in [-0.39, 0.29) is 11.7 Å². The Hall–Kier alpha value is -3.51. The molecule has 0 aliphatic carbocycles. The summed E-state index contributed by atoms with van der Waals surface area (Å²) in [6.45, 7) is 0. The number of carbonyl (C=O) groups excluding carboxylic acids is 1. The number of rotatable bonds is 4. The Morgan fingerprint density at radius 2 is 2.00 bits per heavy atom. The number of aromatic hydroxyl groups is 1. The van der Waals surface area contributed by atoms with Gasteiger partial charge in [0.15, 0.2) is 11.5 Å². The van der Waals surface area contributed by atoms with Gasteiger partial charge in [-0.05, 0) is 35.9 Å². The maximum Gasteiger partial charge on any atom is 0.257 e. The number of halogens is 1. The van der Waals surface area contributed by atoms with E-state index < -0.39 is 0 Å². The molecule has 4 aromatic rings. The first-order chi connectivity index (χ1) is 13.6. The smallest absolute Gasteiger partial charge is 0.257 e. The summed E-state index contributed by atoms with van der Waals surface area (Å²) in [7, 11) is 1.49. The molecule has 4 rings (SSSR count). The van der Waals surface area contributed by atoms with E-state index in [9.17, 15) is 9.90 Å². The molecule has 0 saturated carbocycles. The third-order valence-electron chi connectivity index (χ3n) is 4.41. The monoisotopic (exact) mass is 393 g/mol. The first kappa shape index (κ1) is 17.9. The van der Waals surface area contributed by atoms with Gasteiger partial charge in [0, 0.05) is 23.3 Å². The number of hydrogen-bond donors (Lipinski definition) is 3. The lowest BCUT2D eigenvalue weighted by molar-refractivity contribution is 0.102. The molecule has 0 fully saturated rings. The molecule has 1 amide bonds. The fourth-order valence-corrected chi connectivity index (χ4v) is 3.18. The van der Waals surface area contributed by atoms with Crippen LogP contribution in [0.25, 0.3) is 22.2 Å². The molecule has 2 aromatic carbocycles. The van der Waals surface area contributed by atoms with Gasteiger partial charge in [-0.15, -0.1) is 0 Å². The van der Waals surface area contributed by atoms with Crippen LogP contribution in [0, 0.1) is 0 Å². The lowest BCUT2D eigenvalue weighted by atomic mass is 10.1. The number of aromatic nitrogens is 2. The number of pyridine rings is 1. The molecule has 140 valence electrons. The second-order valence-electron chi connectivity index (χ2n) is 6.14. The summed E-state index contributed by atoms with van der Waals surface area (Å²) in [4.78, 5) is 20.0. The number of anilines is 1. The SMILES string of the molecule is COc1cc(-c2cnc3[nH]cc(NC(=O)c4ccccc4Cl)c3c2)ccc1O. The van der Waals surface area contributed by atoms with E-state index in [2.05, 4.69) is 15.3 Å². The summed E-state index contributed by atoms with van der Waals surface area (Å²) in [5.74, 6) is 0.136. The van der Waals surface area contributed by atoms with Crippen LogP contribution in [0.3, 0.4) is 0 Å². The highest BCUT2D eigenvalue weighted by Gasteiger charge is 2.14. The summed E-state index contributed by atoms with van der Waals surface area (Å²) in [6.07, 6.45) is 3.40. The van der Waals surface area contributed by atoms with Gasteiger partial charge >= 0.3 is 0 Å². The average molecular weight is 394 g/mol. The molecular formula is C21H16ClN3O3. The highest BCUT2D eigenvalue weighted by atomic mass is 35.5. The van der Waals surface area contributed by atoms with Gasteiger partial charge in [-0.1, -0.05) is 29.8 Å². The number of nitrogens with one attached hydrogen (secondary N) is 2. The van der Waals surface area contributed by atoms with E-state index in [1.54, 1.807) is 54.9 Å². The molecule has 0 atom stereocenters. The van der Waals surface area contributed by atoms with Gasteiger partial charge in [0.25, 0.3) is 5.91 Å². The second-order valence-corrected chi connectivity index (χ2v) is 6.55. The molecule has 0 radical (unpaired) electrons. The Balaban J connectivity index is 1.71. The zero-order valence-electron chi connectivity index (χ0n) is 14.9. The third-order valence-corrected chi connectivity index (χ3v) is 4.74. The van der Waals surface area contributed by atoms with E-state index in [1.807, 2.05) is 6.07 Å². The summed E-state index contributed by atoms with van der Waals surface area (Å²) >= 11 is 6.11. The average Bonchev–Trinajstić information content (AvgIpc) is 3.10. The highest BCUT2D eigenvalue weighted by Crippen LogP contribution is 2.33. The van der Waals surface area contributed by atoms with E-state index in [4.69, 9.17) is 16.3 Å². The van der Waals surface area contributed by atoms with E-state index in [1.165, 1.54) is 7.11 Å². The molecule has 2 heterocycles. The summed E-state index contributed by atoms with van der Waals surface area (Å²) < 4.78 is 5.17. The number of phenolic OH excluding ortho intramolecular Hbond substituents is 1. The number of benzene rings is 2. The minimum Gasteiger partial charge on any atom is -0.504 e.